The molecule has 1 aromatic carbocycles. The van der Waals surface area contributed by atoms with Gasteiger partial charge < -0.3 is 15.9 Å². The first-order chi connectivity index (χ1) is 12.4. The number of nitrogens with zero attached hydrogens (tertiary/aromatic N) is 3. The number of benzene rings is 1. The fourth-order valence-corrected chi connectivity index (χ4v) is 3.08. The third kappa shape index (κ3) is 3.58. The number of ether oxygens (including phenoxy) is 1. The summed E-state index contributed by atoms with van der Waals surface area (Å²) in [5.41, 5.74) is 14.0. The van der Waals surface area contributed by atoms with Crippen LogP contribution < -0.4 is 11.2 Å². The van der Waals surface area contributed by atoms with Gasteiger partial charge in [0.25, 0.3) is 0 Å². The van der Waals surface area contributed by atoms with Gasteiger partial charge in [-0.25, -0.2) is 14.6 Å². The molecule has 6 nitrogen and oxygen atoms in total. The molecular formula is C18H21Cl2N5O. The first-order valence-electron chi connectivity index (χ1n) is 8.32. The molecule has 0 spiro atoms. The molecule has 0 aliphatic rings. The summed E-state index contributed by atoms with van der Waals surface area (Å²) in [7, 11) is 0. The number of aromatic nitrogens is 3. The quantitative estimate of drug-likeness (QED) is 0.655. The normalized spacial score (nSPS) is 11.3. The van der Waals surface area contributed by atoms with E-state index >= 15 is 0 Å². The Morgan fingerprint density at radius 1 is 1.19 bits per heavy atom. The fraction of sp³-hybridized carbons (Fsp3) is 0.333. The number of hydrogen-bond acceptors (Lipinski definition) is 5. The van der Waals surface area contributed by atoms with Crippen LogP contribution in [0.5, 0.6) is 0 Å². The number of nitrogens with one attached hydrogen (secondary N) is 1. The molecule has 0 amide bonds. The van der Waals surface area contributed by atoms with Crippen molar-refractivity contribution in [2.45, 2.75) is 33.9 Å². The molecular weight excluding hydrogens is 373 g/mol. The van der Waals surface area contributed by atoms with E-state index in [1.807, 2.05) is 37.6 Å². The van der Waals surface area contributed by atoms with Crippen LogP contribution in [0.4, 0.5) is 5.82 Å². The summed E-state index contributed by atoms with van der Waals surface area (Å²) in [4.78, 5) is 9.01. The van der Waals surface area contributed by atoms with E-state index < -0.39 is 0 Å². The van der Waals surface area contributed by atoms with Crippen LogP contribution in [0.1, 0.15) is 29.6 Å². The van der Waals surface area contributed by atoms with Crippen LogP contribution in [0, 0.1) is 13.8 Å². The second kappa shape index (κ2) is 7.70. The number of fused-ring (bicyclic) bond motifs is 1. The minimum Gasteiger partial charge on any atom is -0.382 e. The molecule has 0 saturated carbocycles. The van der Waals surface area contributed by atoms with E-state index in [9.17, 15) is 0 Å². The van der Waals surface area contributed by atoms with E-state index in [2.05, 4.69) is 15.4 Å². The van der Waals surface area contributed by atoms with Crippen molar-refractivity contribution >= 4 is 40.1 Å². The van der Waals surface area contributed by atoms with E-state index in [1.54, 1.807) is 6.07 Å². The molecule has 0 saturated heterocycles. The van der Waals surface area contributed by atoms with Crippen molar-refractivity contribution < 1.29 is 4.74 Å². The molecule has 0 radical (unpaired) electrons. The van der Waals surface area contributed by atoms with Crippen LogP contribution in [0.2, 0.25) is 10.0 Å². The largest absolute Gasteiger partial charge is 0.382 e. The van der Waals surface area contributed by atoms with Gasteiger partial charge in [-0.1, -0.05) is 29.3 Å². The molecule has 0 aliphatic carbocycles. The predicted molar refractivity (Wildman–Crippen MR) is 106 cm³/mol. The molecule has 3 N–H and O–H groups in total. The standard InChI is InChI=1S/C18H21Cl2N5O/c1-4-26-9-15-24-16-17(10(2)11(3)23-18(16)21)25(15)22-8-12-5-6-13(19)14(20)7-12/h5-7,22H,4,8-9H2,1-3H3,(H2,21,23). The lowest BCUT2D eigenvalue weighted by Gasteiger charge is -2.14. The van der Waals surface area contributed by atoms with Gasteiger partial charge in [-0.3, -0.25) is 0 Å². The number of halogens is 2. The van der Waals surface area contributed by atoms with Crippen molar-refractivity contribution in [3.8, 4) is 0 Å². The third-order valence-electron chi connectivity index (χ3n) is 4.24. The smallest absolute Gasteiger partial charge is 0.154 e. The second-order valence-corrected chi connectivity index (χ2v) is 6.80. The zero-order valence-electron chi connectivity index (χ0n) is 14.9. The molecule has 0 bridgehead atoms. The van der Waals surface area contributed by atoms with Gasteiger partial charge in [-0.15, -0.1) is 0 Å². The van der Waals surface area contributed by atoms with Crippen molar-refractivity contribution in [3.05, 3.63) is 50.9 Å². The molecule has 0 aliphatic heterocycles. The first-order valence-corrected chi connectivity index (χ1v) is 9.07. The Hall–Kier alpha value is -2.02. The SMILES string of the molecule is CCOCc1nc2c(N)nc(C)c(C)c2n1NCc1ccc(Cl)c(Cl)c1. The maximum Gasteiger partial charge on any atom is 0.154 e. The predicted octanol–water partition coefficient (Wildman–Crippen LogP) is 4.22. The van der Waals surface area contributed by atoms with Gasteiger partial charge in [-0.2, -0.15) is 0 Å². The number of imidazole rings is 1. The van der Waals surface area contributed by atoms with Gasteiger partial charge in [0.05, 0.1) is 22.1 Å². The summed E-state index contributed by atoms with van der Waals surface area (Å²) in [5.74, 6) is 1.15. The van der Waals surface area contributed by atoms with Gasteiger partial charge in [0.1, 0.15) is 12.1 Å². The summed E-state index contributed by atoms with van der Waals surface area (Å²) in [5, 5.41) is 1.06. The lowest BCUT2D eigenvalue weighted by molar-refractivity contribution is 0.127. The average molecular weight is 394 g/mol. The van der Waals surface area contributed by atoms with Crippen LogP contribution in [-0.4, -0.2) is 21.3 Å². The Morgan fingerprint density at radius 3 is 2.65 bits per heavy atom. The molecule has 2 aromatic heterocycles. The summed E-state index contributed by atoms with van der Waals surface area (Å²) in [6, 6.07) is 5.55. The molecule has 26 heavy (non-hydrogen) atoms. The van der Waals surface area contributed by atoms with E-state index in [-0.39, 0.29) is 0 Å². The highest BCUT2D eigenvalue weighted by atomic mass is 35.5. The van der Waals surface area contributed by atoms with Crippen molar-refractivity contribution in [3.63, 3.8) is 0 Å². The summed E-state index contributed by atoms with van der Waals surface area (Å²) >= 11 is 12.1. The lowest BCUT2D eigenvalue weighted by Crippen LogP contribution is -2.18. The summed E-state index contributed by atoms with van der Waals surface area (Å²) in [6.07, 6.45) is 0. The maximum atomic E-state index is 6.11. The number of nitrogen functional groups attached to an aromatic ring is 1. The first kappa shape index (κ1) is 18.8. The minimum atomic E-state index is 0.373. The second-order valence-electron chi connectivity index (χ2n) is 5.99. The number of hydrogen-bond donors (Lipinski definition) is 2. The zero-order chi connectivity index (χ0) is 18.8. The van der Waals surface area contributed by atoms with Crippen molar-refractivity contribution in [1.29, 1.82) is 0 Å². The number of nitrogens with two attached hydrogens (primary N) is 1. The number of anilines is 1. The van der Waals surface area contributed by atoms with Gasteiger partial charge in [0, 0.05) is 12.3 Å². The molecule has 0 fully saturated rings. The van der Waals surface area contributed by atoms with Crippen LogP contribution in [-0.2, 0) is 17.9 Å². The van der Waals surface area contributed by atoms with Crippen molar-refractivity contribution in [2.24, 2.45) is 0 Å². The highest BCUT2D eigenvalue weighted by Gasteiger charge is 2.17. The Balaban J connectivity index is 2.02. The number of pyridine rings is 1. The zero-order valence-corrected chi connectivity index (χ0v) is 16.4. The maximum absolute atomic E-state index is 6.11. The molecule has 3 rings (SSSR count). The van der Waals surface area contributed by atoms with E-state index in [1.165, 1.54) is 0 Å². The average Bonchev–Trinajstić information content (AvgIpc) is 2.98. The van der Waals surface area contributed by atoms with Gasteiger partial charge >= 0.3 is 0 Å². The Bertz CT molecular complexity index is 955. The Labute approximate surface area is 162 Å². The molecule has 0 unspecified atom stereocenters. The van der Waals surface area contributed by atoms with Gasteiger partial charge in [-0.05, 0) is 44.0 Å². The topological polar surface area (TPSA) is 78.0 Å². The van der Waals surface area contributed by atoms with Gasteiger partial charge in [0.2, 0.25) is 0 Å². The van der Waals surface area contributed by atoms with Crippen LogP contribution >= 0.6 is 23.2 Å². The molecule has 138 valence electrons. The fourth-order valence-electron chi connectivity index (χ4n) is 2.76. The van der Waals surface area contributed by atoms with Crippen molar-refractivity contribution in [2.75, 3.05) is 17.8 Å². The Kier molecular flexibility index (Phi) is 5.55. The van der Waals surface area contributed by atoms with Crippen LogP contribution in [0.3, 0.4) is 0 Å². The van der Waals surface area contributed by atoms with E-state index in [0.29, 0.717) is 41.1 Å². The summed E-state index contributed by atoms with van der Waals surface area (Å²) in [6.45, 7) is 7.40. The summed E-state index contributed by atoms with van der Waals surface area (Å²) < 4.78 is 7.49. The van der Waals surface area contributed by atoms with Crippen LogP contribution in [0.25, 0.3) is 11.0 Å². The van der Waals surface area contributed by atoms with Crippen LogP contribution in [0.15, 0.2) is 18.2 Å². The number of aryl methyl sites for hydroxylation is 2. The third-order valence-corrected chi connectivity index (χ3v) is 4.98. The van der Waals surface area contributed by atoms with E-state index in [0.717, 1.165) is 28.2 Å². The molecule has 2 heterocycles. The highest BCUT2D eigenvalue weighted by Crippen LogP contribution is 2.26. The molecule has 8 heteroatoms. The molecule has 0 atom stereocenters. The monoisotopic (exact) mass is 393 g/mol. The number of rotatable bonds is 6. The Morgan fingerprint density at radius 2 is 1.96 bits per heavy atom. The van der Waals surface area contributed by atoms with Gasteiger partial charge in [0.15, 0.2) is 11.6 Å². The van der Waals surface area contributed by atoms with E-state index in [4.69, 9.17) is 33.7 Å². The highest BCUT2D eigenvalue weighted by molar-refractivity contribution is 6.42. The van der Waals surface area contributed by atoms with Crippen molar-refractivity contribution in [1.82, 2.24) is 14.6 Å². The minimum absolute atomic E-state index is 0.373. The molecule has 3 aromatic rings. The lowest BCUT2D eigenvalue weighted by atomic mass is 10.2.